The van der Waals surface area contributed by atoms with Crippen LogP contribution in [0.1, 0.15) is 25.1 Å². The van der Waals surface area contributed by atoms with Gasteiger partial charge in [0.25, 0.3) is 0 Å². The van der Waals surface area contributed by atoms with Gasteiger partial charge in [0.15, 0.2) is 0 Å². The second-order valence-electron chi connectivity index (χ2n) is 4.06. The van der Waals surface area contributed by atoms with Gasteiger partial charge >= 0.3 is 0 Å². The first-order valence-electron chi connectivity index (χ1n) is 6.38. The van der Waals surface area contributed by atoms with Crippen molar-refractivity contribution in [2.75, 3.05) is 13.2 Å². The molecule has 2 rings (SSSR count). The van der Waals surface area contributed by atoms with Gasteiger partial charge in [-0.3, -0.25) is 4.98 Å². The smallest absolute Gasteiger partial charge is 0.0888 e. The Hall–Kier alpha value is -1.45. The summed E-state index contributed by atoms with van der Waals surface area (Å²) in [4.78, 5) is 4.60. The van der Waals surface area contributed by atoms with Gasteiger partial charge in [-0.25, -0.2) is 0 Å². The highest BCUT2D eigenvalue weighted by Crippen LogP contribution is 2.19. The molecule has 0 N–H and O–H groups in total. The summed E-state index contributed by atoms with van der Waals surface area (Å²) < 4.78 is 10.9. The Morgan fingerprint density at radius 3 is 2.50 bits per heavy atom. The number of benzene rings is 1. The molecule has 2 aromatic rings. The standard InChI is InChI=1S/C15H19NO2/c1-3-17-10-12-9-13(11-18-4-2)16-15-8-6-5-7-14(12)15/h5-9H,3-4,10-11H2,1-2H3. The molecule has 0 saturated heterocycles. The molecule has 3 heteroatoms. The second kappa shape index (κ2) is 6.47. The maximum absolute atomic E-state index is 5.52. The van der Waals surface area contributed by atoms with Gasteiger partial charge in [0.05, 0.1) is 24.4 Å². The number of ether oxygens (including phenoxy) is 2. The third-order valence-corrected chi connectivity index (χ3v) is 2.77. The monoisotopic (exact) mass is 245 g/mol. The van der Waals surface area contributed by atoms with E-state index in [0.29, 0.717) is 19.8 Å². The van der Waals surface area contributed by atoms with Crippen LogP contribution in [0.15, 0.2) is 30.3 Å². The Labute approximate surface area is 108 Å². The molecule has 0 atom stereocenters. The minimum atomic E-state index is 0.556. The minimum Gasteiger partial charge on any atom is -0.377 e. The summed E-state index contributed by atoms with van der Waals surface area (Å²) in [5, 5.41) is 1.16. The van der Waals surface area contributed by atoms with Crippen LogP contribution in [0.3, 0.4) is 0 Å². The molecule has 1 aromatic carbocycles. The van der Waals surface area contributed by atoms with Crippen molar-refractivity contribution in [2.45, 2.75) is 27.1 Å². The summed E-state index contributed by atoms with van der Waals surface area (Å²) in [6.07, 6.45) is 0. The van der Waals surface area contributed by atoms with E-state index in [1.165, 1.54) is 5.56 Å². The number of aromatic nitrogens is 1. The van der Waals surface area contributed by atoms with Crippen molar-refractivity contribution in [1.82, 2.24) is 4.98 Å². The first-order chi connectivity index (χ1) is 8.85. The molecular formula is C15H19NO2. The molecule has 0 radical (unpaired) electrons. The van der Waals surface area contributed by atoms with Gasteiger partial charge in [-0.15, -0.1) is 0 Å². The maximum atomic E-state index is 5.52. The Morgan fingerprint density at radius 2 is 1.72 bits per heavy atom. The zero-order chi connectivity index (χ0) is 12.8. The lowest BCUT2D eigenvalue weighted by Crippen LogP contribution is -2.00. The van der Waals surface area contributed by atoms with Crippen molar-refractivity contribution in [2.24, 2.45) is 0 Å². The molecule has 0 aliphatic carbocycles. The van der Waals surface area contributed by atoms with Crippen molar-refractivity contribution in [3.8, 4) is 0 Å². The summed E-state index contributed by atoms with van der Waals surface area (Å²) in [5.74, 6) is 0. The SMILES string of the molecule is CCOCc1cc(COCC)c2ccccc2n1. The third-order valence-electron chi connectivity index (χ3n) is 2.77. The Balaban J connectivity index is 2.36. The fraction of sp³-hybridized carbons (Fsp3) is 0.400. The highest BCUT2D eigenvalue weighted by molar-refractivity contribution is 5.82. The zero-order valence-electron chi connectivity index (χ0n) is 11.0. The van der Waals surface area contributed by atoms with Crippen LogP contribution in [-0.4, -0.2) is 18.2 Å². The van der Waals surface area contributed by atoms with Crippen LogP contribution in [0.25, 0.3) is 10.9 Å². The fourth-order valence-electron chi connectivity index (χ4n) is 1.92. The average Bonchev–Trinajstić information content (AvgIpc) is 2.42. The number of fused-ring (bicyclic) bond motifs is 1. The average molecular weight is 245 g/mol. The van der Waals surface area contributed by atoms with Crippen LogP contribution < -0.4 is 0 Å². The lowest BCUT2D eigenvalue weighted by molar-refractivity contribution is 0.128. The summed E-state index contributed by atoms with van der Waals surface area (Å²) in [6, 6.07) is 10.2. The van der Waals surface area contributed by atoms with Gasteiger partial charge in [0.2, 0.25) is 0 Å². The molecule has 3 nitrogen and oxygen atoms in total. The molecule has 0 saturated carbocycles. The Kier molecular flexibility index (Phi) is 4.67. The summed E-state index contributed by atoms with van der Waals surface area (Å²) in [6.45, 7) is 6.60. The molecule has 0 fully saturated rings. The fourth-order valence-corrected chi connectivity index (χ4v) is 1.92. The number of hydrogen-bond donors (Lipinski definition) is 0. The number of hydrogen-bond acceptors (Lipinski definition) is 3. The molecule has 0 bridgehead atoms. The maximum Gasteiger partial charge on any atom is 0.0888 e. The molecule has 0 amide bonds. The quantitative estimate of drug-likeness (QED) is 0.782. The minimum absolute atomic E-state index is 0.556. The normalized spacial score (nSPS) is 11.0. The lowest BCUT2D eigenvalue weighted by Gasteiger charge is -2.09. The van der Waals surface area contributed by atoms with Crippen LogP contribution in [0.4, 0.5) is 0 Å². The summed E-state index contributed by atoms with van der Waals surface area (Å²) in [5.41, 5.74) is 3.15. The molecule has 0 spiro atoms. The van der Waals surface area contributed by atoms with Crippen molar-refractivity contribution < 1.29 is 9.47 Å². The van der Waals surface area contributed by atoms with Crippen molar-refractivity contribution in [3.63, 3.8) is 0 Å². The van der Waals surface area contributed by atoms with Gasteiger partial charge < -0.3 is 9.47 Å². The van der Waals surface area contributed by atoms with Crippen LogP contribution in [0, 0.1) is 0 Å². The summed E-state index contributed by atoms with van der Waals surface area (Å²) in [7, 11) is 0. The molecule has 96 valence electrons. The van der Waals surface area contributed by atoms with E-state index >= 15 is 0 Å². The highest BCUT2D eigenvalue weighted by atomic mass is 16.5. The van der Waals surface area contributed by atoms with Gasteiger partial charge in [-0.2, -0.15) is 0 Å². The predicted molar refractivity (Wildman–Crippen MR) is 72.4 cm³/mol. The van der Waals surface area contributed by atoms with Gasteiger partial charge in [-0.05, 0) is 31.5 Å². The molecular weight excluding hydrogens is 226 g/mol. The van der Waals surface area contributed by atoms with E-state index in [0.717, 1.165) is 23.2 Å². The van der Waals surface area contributed by atoms with Crippen LogP contribution in [0.2, 0.25) is 0 Å². The Bertz CT molecular complexity index is 511. The van der Waals surface area contributed by atoms with Crippen LogP contribution >= 0.6 is 0 Å². The zero-order valence-corrected chi connectivity index (χ0v) is 11.0. The molecule has 1 aromatic heterocycles. The molecule has 0 unspecified atom stereocenters. The van der Waals surface area contributed by atoms with Gasteiger partial charge in [-0.1, -0.05) is 18.2 Å². The van der Waals surface area contributed by atoms with E-state index in [-0.39, 0.29) is 0 Å². The molecule has 1 heterocycles. The van der Waals surface area contributed by atoms with Crippen LogP contribution in [-0.2, 0) is 22.7 Å². The largest absolute Gasteiger partial charge is 0.377 e. The first kappa shape index (κ1) is 13.0. The summed E-state index contributed by atoms with van der Waals surface area (Å²) >= 11 is 0. The van der Waals surface area contributed by atoms with E-state index < -0.39 is 0 Å². The number of nitrogens with zero attached hydrogens (tertiary/aromatic N) is 1. The van der Waals surface area contributed by atoms with Crippen molar-refractivity contribution in [3.05, 3.63) is 41.6 Å². The van der Waals surface area contributed by atoms with Gasteiger partial charge in [0.1, 0.15) is 0 Å². The molecule has 0 aliphatic rings. The number of rotatable bonds is 6. The van der Waals surface area contributed by atoms with Gasteiger partial charge in [0, 0.05) is 18.6 Å². The van der Waals surface area contributed by atoms with Crippen molar-refractivity contribution in [1.29, 1.82) is 0 Å². The topological polar surface area (TPSA) is 31.4 Å². The Morgan fingerprint density at radius 1 is 1.00 bits per heavy atom. The van der Waals surface area contributed by atoms with E-state index in [1.54, 1.807) is 0 Å². The first-order valence-corrected chi connectivity index (χ1v) is 6.38. The predicted octanol–water partition coefficient (Wildman–Crippen LogP) is 3.31. The van der Waals surface area contributed by atoms with E-state index in [9.17, 15) is 0 Å². The number of para-hydroxylation sites is 1. The van der Waals surface area contributed by atoms with E-state index in [4.69, 9.17) is 9.47 Å². The highest BCUT2D eigenvalue weighted by Gasteiger charge is 2.05. The second-order valence-corrected chi connectivity index (χ2v) is 4.06. The van der Waals surface area contributed by atoms with E-state index in [2.05, 4.69) is 17.1 Å². The number of pyridine rings is 1. The molecule has 0 aliphatic heterocycles. The van der Waals surface area contributed by atoms with Crippen LogP contribution in [0.5, 0.6) is 0 Å². The lowest BCUT2D eigenvalue weighted by atomic mass is 10.1. The van der Waals surface area contributed by atoms with Crippen molar-refractivity contribution >= 4 is 10.9 Å². The van der Waals surface area contributed by atoms with E-state index in [1.807, 2.05) is 32.0 Å². The molecule has 18 heavy (non-hydrogen) atoms. The third kappa shape index (κ3) is 3.06.